The normalized spacial score (nSPS) is 10.7. The first-order valence-electron chi connectivity index (χ1n) is 9.30. The first-order chi connectivity index (χ1) is 13.2. The molecule has 0 aliphatic rings. The Balaban J connectivity index is 1.76. The van der Waals surface area contributed by atoms with Gasteiger partial charge in [-0.05, 0) is 32.0 Å². The molecule has 0 saturated heterocycles. The highest BCUT2D eigenvalue weighted by Crippen LogP contribution is 2.28. The number of hydrogen-bond donors (Lipinski definition) is 2. The fourth-order valence-electron chi connectivity index (χ4n) is 2.78. The van der Waals surface area contributed by atoms with Crippen LogP contribution in [0.2, 0.25) is 0 Å². The van der Waals surface area contributed by atoms with Crippen LogP contribution in [0.25, 0.3) is 22.8 Å². The lowest BCUT2D eigenvalue weighted by molar-refractivity contribution is 0.0954. The van der Waals surface area contributed by atoms with Crippen LogP contribution < -0.4 is 10.6 Å². The van der Waals surface area contributed by atoms with Gasteiger partial charge in [0.1, 0.15) is 0 Å². The molecule has 5 heteroatoms. The standard InChI is InChI=1S/C22H25N3O2/c1-3-12-23-13-14-24-21(26)18-6-4-5-7-19(18)22-25-15-20(27-22)17-10-8-16(2)9-11-17/h4-11,15,23H,3,12-14H2,1-2H3,(H,24,26). The number of nitrogens with one attached hydrogen (secondary N) is 2. The summed E-state index contributed by atoms with van der Waals surface area (Å²) in [5.74, 6) is 1.00. The van der Waals surface area contributed by atoms with Crippen molar-refractivity contribution in [2.75, 3.05) is 19.6 Å². The molecule has 2 N–H and O–H groups in total. The number of nitrogens with zero attached hydrogens (tertiary/aromatic N) is 1. The third-order valence-electron chi connectivity index (χ3n) is 4.26. The predicted octanol–water partition coefficient (Wildman–Crippen LogP) is 4.05. The minimum Gasteiger partial charge on any atom is -0.436 e. The molecule has 0 radical (unpaired) electrons. The van der Waals surface area contributed by atoms with Crippen molar-refractivity contribution in [1.82, 2.24) is 15.6 Å². The Morgan fingerprint density at radius 3 is 2.59 bits per heavy atom. The highest BCUT2D eigenvalue weighted by atomic mass is 16.4. The molecule has 0 atom stereocenters. The molecule has 3 rings (SSSR count). The van der Waals surface area contributed by atoms with Crippen LogP contribution in [-0.2, 0) is 0 Å². The second kappa shape index (κ2) is 9.14. The van der Waals surface area contributed by atoms with Gasteiger partial charge in [-0.25, -0.2) is 4.98 Å². The predicted molar refractivity (Wildman–Crippen MR) is 108 cm³/mol. The van der Waals surface area contributed by atoms with E-state index in [0.29, 0.717) is 29.3 Å². The molecule has 27 heavy (non-hydrogen) atoms. The van der Waals surface area contributed by atoms with Gasteiger partial charge >= 0.3 is 0 Å². The van der Waals surface area contributed by atoms with E-state index in [9.17, 15) is 4.79 Å². The summed E-state index contributed by atoms with van der Waals surface area (Å²) in [6.07, 6.45) is 2.77. The Hall–Kier alpha value is -2.92. The van der Waals surface area contributed by atoms with Gasteiger partial charge in [-0.3, -0.25) is 4.79 Å². The molecular formula is C22H25N3O2. The van der Waals surface area contributed by atoms with E-state index >= 15 is 0 Å². The second-order valence-electron chi connectivity index (χ2n) is 6.45. The number of benzene rings is 2. The maximum atomic E-state index is 12.6. The topological polar surface area (TPSA) is 67.2 Å². The maximum Gasteiger partial charge on any atom is 0.252 e. The fourth-order valence-corrected chi connectivity index (χ4v) is 2.78. The van der Waals surface area contributed by atoms with Gasteiger partial charge in [-0.15, -0.1) is 0 Å². The van der Waals surface area contributed by atoms with Gasteiger partial charge < -0.3 is 15.1 Å². The van der Waals surface area contributed by atoms with Crippen molar-refractivity contribution in [1.29, 1.82) is 0 Å². The molecule has 2 aromatic carbocycles. The van der Waals surface area contributed by atoms with Crippen LogP contribution in [0.3, 0.4) is 0 Å². The van der Waals surface area contributed by atoms with Crippen LogP contribution in [0.1, 0.15) is 29.3 Å². The first-order valence-corrected chi connectivity index (χ1v) is 9.30. The number of oxazole rings is 1. The van der Waals surface area contributed by atoms with Crippen LogP contribution >= 0.6 is 0 Å². The summed E-state index contributed by atoms with van der Waals surface area (Å²) in [5, 5.41) is 6.21. The summed E-state index contributed by atoms with van der Waals surface area (Å²) < 4.78 is 5.94. The summed E-state index contributed by atoms with van der Waals surface area (Å²) in [5.41, 5.74) is 3.40. The van der Waals surface area contributed by atoms with E-state index in [4.69, 9.17) is 4.42 Å². The summed E-state index contributed by atoms with van der Waals surface area (Å²) in [6.45, 7) is 6.43. The monoisotopic (exact) mass is 363 g/mol. The van der Waals surface area contributed by atoms with Gasteiger partial charge in [0.05, 0.1) is 11.8 Å². The number of hydrogen-bond acceptors (Lipinski definition) is 4. The SMILES string of the molecule is CCCNCCNC(=O)c1ccccc1-c1ncc(-c2ccc(C)cc2)o1. The zero-order valence-electron chi connectivity index (χ0n) is 15.8. The Morgan fingerprint density at radius 2 is 1.81 bits per heavy atom. The highest BCUT2D eigenvalue weighted by Gasteiger charge is 2.16. The summed E-state index contributed by atoms with van der Waals surface area (Å²) in [7, 11) is 0. The molecular weight excluding hydrogens is 338 g/mol. The molecule has 0 unspecified atom stereocenters. The van der Waals surface area contributed by atoms with Crippen molar-refractivity contribution in [3.8, 4) is 22.8 Å². The van der Waals surface area contributed by atoms with Gasteiger partial charge in [0, 0.05) is 24.2 Å². The fraction of sp³-hybridized carbons (Fsp3) is 0.273. The Morgan fingerprint density at radius 1 is 1.04 bits per heavy atom. The zero-order chi connectivity index (χ0) is 19.1. The lowest BCUT2D eigenvalue weighted by atomic mass is 10.1. The third kappa shape index (κ3) is 4.83. The Bertz CT molecular complexity index is 885. The number of aromatic nitrogens is 1. The average Bonchev–Trinajstić information content (AvgIpc) is 3.18. The van der Waals surface area contributed by atoms with E-state index in [-0.39, 0.29) is 5.91 Å². The molecule has 0 aliphatic carbocycles. The summed E-state index contributed by atoms with van der Waals surface area (Å²) in [6, 6.07) is 15.4. The molecule has 0 spiro atoms. The van der Waals surface area contributed by atoms with Crippen LogP contribution in [0.15, 0.2) is 59.1 Å². The zero-order valence-corrected chi connectivity index (χ0v) is 15.8. The van der Waals surface area contributed by atoms with E-state index in [1.807, 2.05) is 49.4 Å². The second-order valence-corrected chi connectivity index (χ2v) is 6.45. The number of aryl methyl sites for hydroxylation is 1. The van der Waals surface area contributed by atoms with Gasteiger partial charge in [0.25, 0.3) is 5.91 Å². The number of carbonyl (C=O) groups is 1. The minimum absolute atomic E-state index is 0.126. The van der Waals surface area contributed by atoms with Gasteiger partial charge in [-0.2, -0.15) is 0 Å². The minimum atomic E-state index is -0.126. The maximum absolute atomic E-state index is 12.6. The average molecular weight is 363 g/mol. The Kier molecular flexibility index (Phi) is 6.39. The van der Waals surface area contributed by atoms with Gasteiger partial charge in [0.2, 0.25) is 5.89 Å². The van der Waals surface area contributed by atoms with E-state index in [1.165, 1.54) is 5.56 Å². The molecule has 0 fully saturated rings. The van der Waals surface area contributed by atoms with E-state index in [2.05, 4.69) is 22.5 Å². The molecule has 0 bridgehead atoms. The molecule has 140 valence electrons. The quantitative estimate of drug-likeness (QED) is 0.593. The van der Waals surface area contributed by atoms with E-state index in [0.717, 1.165) is 25.1 Å². The van der Waals surface area contributed by atoms with Crippen molar-refractivity contribution in [3.63, 3.8) is 0 Å². The first kappa shape index (κ1) is 18.9. The van der Waals surface area contributed by atoms with E-state index in [1.54, 1.807) is 12.3 Å². The molecule has 0 aliphatic heterocycles. The van der Waals surface area contributed by atoms with Crippen LogP contribution in [-0.4, -0.2) is 30.5 Å². The van der Waals surface area contributed by atoms with Crippen molar-refractivity contribution < 1.29 is 9.21 Å². The van der Waals surface area contributed by atoms with Crippen molar-refractivity contribution in [3.05, 3.63) is 65.9 Å². The van der Waals surface area contributed by atoms with Crippen LogP contribution in [0.4, 0.5) is 0 Å². The van der Waals surface area contributed by atoms with Crippen molar-refractivity contribution in [2.45, 2.75) is 20.3 Å². The van der Waals surface area contributed by atoms with Crippen molar-refractivity contribution >= 4 is 5.91 Å². The summed E-state index contributed by atoms with van der Waals surface area (Å²) in [4.78, 5) is 17.0. The van der Waals surface area contributed by atoms with Gasteiger partial charge in [-0.1, -0.05) is 48.9 Å². The van der Waals surface area contributed by atoms with Crippen molar-refractivity contribution in [2.24, 2.45) is 0 Å². The largest absolute Gasteiger partial charge is 0.436 e. The smallest absolute Gasteiger partial charge is 0.252 e. The number of carbonyl (C=O) groups excluding carboxylic acids is 1. The number of amides is 1. The molecule has 0 saturated carbocycles. The Labute approximate surface area is 159 Å². The summed E-state index contributed by atoms with van der Waals surface area (Å²) >= 11 is 0. The van der Waals surface area contributed by atoms with Crippen LogP contribution in [0, 0.1) is 6.92 Å². The molecule has 1 amide bonds. The molecule has 5 nitrogen and oxygen atoms in total. The molecule has 1 aromatic heterocycles. The van der Waals surface area contributed by atoms with Gasteiger partial charge in [0.15, 0.2) is 5.76 Å². The lowest BCUT2D eigenvalue weighted by Crippen LogP contribution is -2.32. The van der Waals surface area contributed by atoms with E-state index < -0.39 is 0 Å². The highest BCUT2D eigenvalue weighted by molar-refractivity contribution is 6.00. The molecule has 3 aromatic rings. The molecule has 1 heterocycles. The number of rotatable bonds is 8. The lowest BCUT2D eigenvalue weighted by Gasteiger charge is -2.08. The van der Waals surface area contributed by atoms with Crippen LogP contribution in [0.5, 0.6) is 0 Å². The third-order valence-corrected chi connectivity index (χ3v) is 4.26.